The van der Waals surface area contributed by atoms with E-state index in [0.717, 1.165) is 4.90 Å². The van der Waals surface area contributed by atoms with Gasteiger partial charge in [-0.25, -0.2) is 9.18 Å². The standard InChI is InChI=1S/C10H16FNO3/c1-10(2,3)15-9(14)12-5-7(11)4-8(13)6-12/h7H,4-6H2,1-3H3. The summed E-state index contributed by atoms with van der Waals surface area (Å²) in [6.07, 6.45) is -1.99. The molecule has 1 aliphatic rings. The first-order valence-electron chi connectivity index (χ1n) is 4.91. The minimum atomic E-state index is -1.27. The van der Waals surface area contributed by atoms with Gasteiger partial charge in [-0.1, -0.05) is 0 Å². The third-order valence-corrected chi connectivity index (χ3v) is 1.89. The molecular weight excluding hydrogens is 201 g/mol. The highest BCUT2D eigenvalue weighted by molar-refractivity contribution is 5.85. The molecule has 0 N–H and O–H groups in total. The van der Waals surface area contributed by atoms with Crippen LogP contribution in [0, 0.1) is 0 Å². The molecule has 1 amide bonds. The van der Waals surface area contributed by atoms with Gasteiger partial charge in [-0.05, 0) is 20.8 Å². The summed E-state index contributed by atoms with van der Waals surface area (Å²) in [5.74, 6) is -0.264. The average Bonchev–Trinajstić information content (AvgIpc) is 1.98. The summed E-state index contributed by atoms with van der Waals surface area (Å²) < 4.78 is 18.0. The quantitative estimate of drug-likeness (QED) is 0.618. The number of Topliss-reactive ketones (excluding diaryl/α,β-unsaturated/α-hetero) is 1. The summed E-state index contributed by atoms with van der Waals surface area (Å²) >= 11 is 0. The molecule has 1 unspecified atom stereocenters. The molecule has 1 fully saturated rings. The SMILES string of the molecule is CC(C)(C)OC(=O)N1CC(=O)CC(F)C1. The zero-order chi connectivity index (χ0) is 11.6. The molecule has 0 bridgehead atoms. The van der Waals surface area contributed by atoms with Crippen LogP contribution in [0.4, 0.5) is 9.18 Å². The van der Waals surface area contributed by atoms with Crippen LogP contribution in [0.2, 0.25) is 0 Å². The fraction of sp³-hybridized carbons (Fsp3) is 0.800. The highest BCUT2D eigenvalue weighted by Gasteiger charge is 2.31. The number of rotatable bonds is 0. The number of hydrogen-bond donors (Lipinski definition) is 0. The maximum Gasteiger partial charge on any atom is 0.410 e. The van der Waals surface area contributed by atoms with Crippen molar-refractivity contribution in [2.45, 2.75) is 39.0 Å². The normalized spacial score (nSPS) is 22.8. The minimum absolute atomic E-state index is 0.0463. The Hall–Kier alpha value is -1.13. The molecule has 1 saturated heterocycles. The lowest BCUT2D eigenvalue weighted by molar-refractivity contribution is -0.124. The monoisotopic (exact) mass is 217 g/mol. The van der Waals surface area contributed by atoms with Gasteiger partial charge in [0.25, 0.3) is 0 Å². The molecule has 0 aromatic rings. The van der Waals surface area contributed by atoms with E-state index in [9.17, 15) is 14.0 Å². The highest BCUT2D eigenvalue weighted by Crippen LogP contribution is 2.15. The molecule has 0 spiro atoms. The van der Waals surface area contributed by atoms with Crippen molar-refractivity contribution in [3.8, 4) is 0 Å². The molecule has 86 valence electrons. The number of nitrogens with zero attached hydrogens (tertiary/aromatic N) is 1. The number of amides is 1. The molecule has 0 radical (unpaired) electrons. The number of alkyl halides is 1. The van der Waals surface area contributed by atoms with Crippen LogP contribution in [-0.2, 0) is 9.53 Å². The molecule has 0 saturated carbocycles. The van der Waals surface area contributed by atoms with Gasteiger partial charge in [0.15, 0.2) is 5.78 Å². The molecule has 0 aromatic heterocycles. The molecule has 1 atom stereocenters. The maximum atomic E-state index is 13.0. The van der Waals surface area contributed by atoms with E-state index in [1.165, 1.54) is 0 Å². The van der Waals surface area contributed by atoms with Gasteiger partial charge < -0.3 is 4.74 Å². The zero-order valence-electron chi connectivity index (χ0n) is 9.25. The van der Waals surface area contributed by atoms with Crippen LogP contribution in [0.3, 0.4) is 0 Å². The van der Waals surface area contributed by atoms with Crippen LogP contribution in [-0.4, -0.2) is 41.6 Å². The first-order valence-corrected chi connectivity index (χ1v) is 4.91. The van der Waals surface area contributed by atoms with Crippen molar-refractivity contribution in [3.63, 3.8) is 0 Å². The summed E-state index contributed by atoms with van der Waals surface area (Å²) in [4.78, 5) is 23.7. The van der Waals surface area contributed by atoms with Gasteiger partial charge >= 0.3 is 6.09 Å². The van der Waals surface area contributed by atoms with E-state index in [1.54, 1.807) is 20.8 Å². The van der Waals surface area contributed by atoms with Gasteiger partial charge in [0.2, 0.25) is 0 Å². The lowest BCUT2D eigenvalue weighted by Crippen LogP contribution is -2.47. The Labute approximate surface area is 88.4 Å². The Bertz CT molecular complexity index is 272. The fourth-order valence-electron chi connectivity index (χ4n) is 1.36. The van der Waals surface area contributed by atoms with E-state index in [2.05, 4.69) is 0 Å². The number of carbonyl (C=O) groups is 2. The van der Waals surface area contributed by atoms with Crippen LogP contribution >= 0.6 is 0 Å². The summed E-state index contributed by atoms with van der Waals surface area (Å²) in [6, 6.07) is 0. The first-order chi connectivity index (χ1) is 6.78. The lowest BCUT2D eigenvalue weighted by atomic mass is 10.1. The van der Waals surface area contributed by atoms with Crippen molar-refractivity contribution >= 4 is 11.9 Å². The van der Waals surface area contributed by atoms with E-state index >= 15 is 0 Å². The van der Waals surface area contributed by atoms with E-state index in [4.69, 9.17) is 4.74 Å². The molecule has 1 heterocycles. The molecule has 1 aliphatic heterocycles. The average molecular weight is 217 g/mol. The summed E-state index contributed by atoms with van der Waals surface area (Å²) in [5.41, 5.74) is -0.622. The zero-order valence-corrected chi connectivity index (χ0v) is 9.25. The van der Waals surface area contributed by atoms with Gasteiger partial charge in [-0.3, -0.25) is 9.69 Å². The smallest absolute Gasteiger partial charge is 0.410 e. The fourth-order valence-corrected chi connectivity index (χ4v) is 1.36. The van der Waals surface area contributed by atoms with Gasteiger partial charge in [0.05, 0.1) is 13.1 Å². The Morgan fingerprint density at radius 2 is 2.13 bits per heavy atom. The molecule has 1 rings (SSSR count). The Morgan fingerprint density at radius 1 is 1.53 bits per heavy atom. The summed E-state index contributed by atoms with van der Waals surface area (Å²) in [5, 5.41) is 0. The number of halogens is 1. The van der Waals surface area contributed by atoms with E-state index < -0.39 is 17.9 Å². The number of hydrogen-bond acceptors (Lipinski definition) is 3. The predicted molar refractivity (Wildman–Crippen MR) is 52.3 cm³/mol. The molecule has 0 aliphatic carbocycles. The van der Waals surface area contributed by atoms with Crippen LogP contribution in [0.1, 0.15) is 27.2 Å². The highest BCUT2D eigenvalue weighted by atomic mass is 19.1. The first kappa shape index (κ1) is 11.9. The third kappa shape index (κ3) is 3.85. The number of ether oxygens (including phenoxy) is 1. The second-order valence-corrected chi connectivity index (χ2v) is 4.70. The lowest BCUT2D eigenvalue weighted by Gasteiger charge is -2.30. The van der Waals surface area contributed by atoms with E-state index in [0.29, 0.717) is 0 Å². The van der Waals surface area contributed by atoms with Gasteiger partial charge in [-0.15, -0.1) is 0 Å². The second-order valence-electron chi connectivity index (χ2n) is 4.70. The molecule has 4 nitrogen and oxygen atoms in total. The Balaban J connectivity index is 2.56. The van der Waals surface area contributed by atoms with Crippen molar-refractivity contribution in [2.24, 2.45) is 0 Å². The number of carbonyl (C=O) groups excluding carboxylic acids is 2. The van der Waals surface area contributed by atoms with Crippen LogP contribution < -0.4 is 0 Å². The molecule has 0 aromatic carbocycles. The van der Waals surface area contributed by atoms with Crippen LogP contribution in [0.5, 0.6) is 0 Å². The third-order valence-electron chi connectivity index (χ3n) is 1.89. The van der Waals surface area contributed by atoms with Crippen molar-refractivity contribution in [2.75, 3.05) is 13.1 Å². The van der Waals surface area contributed by atoms with Crippen LogP contribution in [0.15, 0.2) is 0 Å². The van der Waals surface area contributed by atoms with Crippen molar-refractivity contribution in [1.82, 2.24) is 4.90 Å². The number of piperidine rings is 1. The van der Waals surface area contributed by atoms with Crippen molar-refractivity contribution in [1.29, 1.82) is 0 Å². The van der Waals surface area contributed by atoms with Crippen molar-refractivity contribution < 1.29 is 18.7 Å². The Kier molecular flexibility index (Phi) is 3.31. The molecule has 15 heavy (non-hydrogen) atoms. The molecular formula is C10H16FNO3. The largest absolute Gasteiger partial charge is 0.444 e. The maximum absolute atomic E-state index is 13.0. The van der Waals surface area contributed by atoms with Gasteiger partial charge in [0.1, 0.15) is 11.8 Å². The number of likely N-dealkylation sites (tertiary alicyclic amines) is 1. The topological polar surface area (TPSA) is 46.6 Å². The minimum Gasteiger partial charge on any atom is -0.444 e. The van der Waals surface area contributed by atoms with E-state index in [1.807, 2.05) is 0 Å². The molecule has 5 heteroatoms. The van der Waals surface area contributed by atoms with Gasteiger partial charge in [-0.2, -0.15) is 0 Å². The van der Waals surface area contributed by atoms with Gasteiger partial charge in [0, 0.05) is 6.42 Å². The Morgan fingerprint density at radius 3 is 2.60 bits per heavy atom. The predicted octanol–water partition coefficient (Wildman–Crippen LogP) is 1.53. The van der Waals surface area contributed by atoms with E-state index in [-0.39, 0.29) is 25.3 Å². The summed E-state index contributed by atoms with van der Waals surface area (Å²) in [6.45, 7) is 5.08. The second kappa shape index (κ2) is 4.16. The number of ketones is 1. The van der Waals surface area contributed by atoms with Crippen molar-refractivity contribution in [3.05, 3.63) is 0 Å². The summed E-state index contributed by atoms with van der Waals surface area (Å²) in [7, 11) is 0. The van der Waals surface area contributed by atoms with Crippen LogP contribution in [0.25, 0.3) is 0 Å².